The third kappa shape index (κ3) is 48.8. The minimum Gasteiger partial charge on any atom is -0.462 e. The van der Waals surface area contributed by atoms with Crippen molar-refractivity contribution in [2.45, 2.75) is 213 Å². The van der Waals surface area contributed by atoms with E-state index in [2.05, 4.69) is 93.7 Å². The van der Waals surface area contributed by atoms with Gasteiger partial charge in [0.25, 0.3) is 0 Å². The zero-order chi connectivity index (χ0) is 46.5. The Morgan fingerprint density at radius 3 is 1.22 bits per heavy atom. The molecule has 6 heteroatoms. The second kappa shape index (κ2) is 51.4. The Kier molecular flexibility index (Phi) is 48.1. The van der Waals surface area contributed by atoms with E-state index in [-0.39, 0.29) is 31.6 Å². The van der Waals surface area contributed by atoms with Gasteiger partial charge < -0.3 is 14.2 Å². The molecule has 0 saturated carbocycles. The van der Waals surface area contributed by atoms with Gasteiger partial charge in [-0.15, -0.1) is 0 Å². The average molecular weight is 885 g/mol. The quantitative estimate of drug-likeness (QED) is 0.0199. The summed E-state index contributed by atoms with van der Waals surface area (Å²) in [5, 5.41) is 0. The topological polar surface area (TPSA) is 78.9 Å². The number of carbonyl (C=O) groups excluding carboxylic acids is 3. The van der Waals surface area contributed by atoms with Crippen molar-refractivity contribution in [3.05, 3.63) is 122 Å². The first-order valence-electron chi connectivity index (χ1n) is 25.6. The number of unbranched alkanes of at least 4 members (excludes halogenated alkanes) is 16. The minimum absolute atomic E-state index is 0.126. The average Bonchev–Trinajstić information content (AvgIpc) is 3.29. The molecule has 0 amide bonds. The van der Waals surface area contributed by atoms with Crippen molar-refractivity contribution in [1.29, 1.82) is 0 Å². The minimum atomic E-state index is -0.838. The molecule has 0 radical (unpaired) electrons. The van der Waals surface area contributed by atoms with Crippen molar-refractivity contribution in [2.24, 2.45) is 0 Å². The Labute approximate surface area is 392 Å². The summed E-state index contributed by atoms with van der Waals surface area (Å²) >= 11 is 0. The molecular weight excluding hydrogens is 793 g/mol. The van der Waals surface area contributed by atoms with E-state index in [1.54, 1.807) is 0 Å². The predicted molar refractivity (Wildman–Crippen MR) is 274 cm³/mol. The molecule has 0 saturated heterocycles. The van der Waals surface area contributed by atoms with Crippen LogP contribution >= 0.6 is 0 Å². The summed E-state index contributed by atoms with van der Waals surface area (Å²) in [6.07, 6.45) is 70.5. The van der Waals surface area contributed by atoms with Gasteiger partial charge in [0.1, 0.15) is 13.2 Å². The first kappa shape index (κ1) is 59.8. The molecule has 360 valence electrons. The molecule has 1 unspecified atom stereocenters. The van der Waals surface area contributed by atoms with Crippen LogP contribution in [0.25, 0.3) is 0 Å². The first-order valence-corrected chi connectivity index (χ1v) is 25.6. The predicted octanol–water partition coefficient (Wildman–Crippen LogP) is 16.9. The highest BCUT2D eigenvalue weighted by Crippen LogP contribution is 2.13. The van der Waals surface area contributed by atoms with Crippen LogP contribution in [0.5, 0.6) is 0 Å². The Morgan fingerprint density at radius 2 is 0.719 bits per heavy atom. The Hall–Kier alpha value is -4.19. The molecular formula is C58H92O6. The van der Waals surface area contributed by atoms with E-state index in [0.29, 0.717) is 19.3 Å². The molecule has 1 atom stereocenters. The van der Waals surface area contributed by atoms with Crippen LogP contribution < -0.4 is 0 Å². The molecule has 0 aliphatic carbocycles. The third-order valence-corrected chi connectivity index (χ3v) is 10.3. The summed E-state index contributed by atoms with van der Waals surface area (Å²) in [6.45, 7) is 6.26. The molecule has 0 fully saturated rings. The van der Waals surface area contributed by atoms with E-state index in [0.717, 1.165) is 83.5 Å². The highest BCUT2D eigenvalue weighted by Gasteiger charge is 2.19. The number of rotatable bonds is 44. The second-order valence-electron chi connectivity index (χ2n) is 16.4. The molecule has 64 heavy (non-hydrogen) atoms. The number of esters is 3. The van der Waals surface area contributed by atoms with Crippen molar-refractivity contribution in [3.8, 4) is 0 Å². The standard InChI is InChI=1S/C58H92O6/c1-4-7-10-13-16-19-22-25-27-29-31-33-36-39-42-45-48-51-57(60)63-54-55(53-62-56(59)50-47-44-41-38-35-32-24-21-18-15-12-9-6-3)64-58(61)52-49-46-43-40-37-34-30-28-26-23-20-17-14-11-8-5-2/h8-9,11-12,15,17-18,20-21,24-28,32,34-35,37,43,46,55H,4-7,10,13-14,16,19,22-23,29-31,33,36,38-42,44-45,47-54H2,1-3H3/b11-8+,12-9+,18-15+,20-17+,24-21+,27-25+,28-26+,35-32+,37-34+,46-43+. The highest BCUT2D eigenvalue weighted by atomic mass is 16.6. The van der Waals surface area contributed by atoms with Crippen molar-refractivity contribution in [2.75, 3.05) is 13.2 Å². The van der Waals surface area contributed by atoms with Crippen LogP contribution in [0.15, 0.2) is 122 Å². The molecule has 0 aliphatic rings. The van der Waals surface area contributed by atoms with Gasteiger partial charge in [-0.3, -0.25) is 14.4 Å². The maximum absolute atomic E-state index is 12.8. The molecule has 0 aliphatic heterocycles. The van der Waals surface area contributed by atoms with E-state index in [4.69, 9.17) is 14.2 Å². The molecule has 0 aromatic carbocycles. The summed E-state index contributed by atoms with van der Waals surface area (Å²) in [5.41, 5.74) is 0. The summed E-state index contributed by atoms with van der Waals surface area (Å²) in [6, 6.07) is 0. The first-order chi connectivity index (χ1) is 31.5. The van der Waals surface area contributed by atoms with Gasteiger partial charge in [-0.25, -0.2) is 0 Å². The lowest BCUT2D eigenvalue weighted by Crippen LogP contribution is -2.30. The zero-order valence-corrected chi connectivity index (χ0v) is 41.0. The number of hydrogen-bond acceptors (Lipinski definition) is 6. The van der Waals surface area contributed by atoms with Crippen molar-refractivity contribution in [3.63, 3.8) is 0 Å². The lowest BCUT2D eigenvalue weighted by molar-refractivity contribution is -0.166. The van der Waals surface area contributed by atoms with Crippen LogP contribution in [0.1, 0.15) is 207 Å². The van der Waals surface area contributed by atoms with E-state index in [1.165, 1.54) is 77.0 Å². The SMILES string of the molecule is CC/C=C/C=C/C=C/C=C/CCCCCC(=O)OCC(COC(=O)CCCCCCCCC/C=C/CCCCCCCC)OC(=O)CC/C=C/C/C=C/C/C=C/C/C=C/C/C=C/CC. The van der Waals surface area contributed by atoms with E-state index >= 15 is 0 Å². The summed E-state index contributed by atoms with van der Waals surface area (Å²) in [4.78, 5) is 37.9. The van der Waals surface area contributed by atoms with Gasteiger partial charge in [0.05, 0.1) is 0 Å². The van der Waals surface area contributed by atoms with Gasteiger partial charge in [-0.05, 0) is 96.3 Å². The Balaban J connectivity index is 4.56. The van der Waals surface area contributed by atoms with Gasteiger partial charge in [-0.2, -0.15) is 0 Å². The largest absolute Gasteiger partial charge is 0.462 e. The van der Waals surface area contributed by atoms with Crippen LogP contribution in [0.2, 0.25) is 0 Å². The van der Waals surface area contributed by atoms with Gasteiger partial charge in [0.2, 0.25) is 0 Å². The molecule has 6 nitrogen and oxygen atoms in total. The number of carbonyl (C=O) groups is 3. The Morgan fingerprint density at radius 1 is 0.344 bits per heavy atom. The smallest absolute Gasteiger partial charge is 0.306 e. The summed E-state index contributed by atoms with van der Waals surface area (Å²) < 4.78 is 16.7. The van der Waals surface area contributed by atoms with Gasteiger partial charge >= 0.3 is 17.9 Å². The van der Waals surface area contributed by atoms with Gasteiger partial charge in [0.15, 0.2) is 6.10 Å². The summed E-state index contributed by atoms with van der Waals surface area (Å²) in [7, 11) is 0. The molecule has 0 aromatic heterocycles. The fourth-order valence-corrected chi connectivity index (χ4v) is 6.49. The molecule has 0 spiro atoms. The highest BCUT2D eigenvalue weighted by molar-refractivity contribution is 5.71. The van der Waals surface area contributed by atoms with E-state index in [9.17, 15) is 14.4 Å². The third-order valence-electron chi connectivity index (χ3n) is 10.3. The lowest BCUT2D eigenvalue weighted by atomic mass is 10.1. The second-order valence-corrected chi connectivity index (χ2v) is 16.4. The zero-order valence-electron chi connectivity index (χ0n) is 41.0. The molecule has 0 N–H and O–H groups in total. The maximum Gasteiger partial charge on any atom is 0.306 e. The normalized spacial score (nSPS) is 13.1. The van der Waals surface area contributed by atoms with Crippen molar-refractivity contribution >= 4 is 17.9 Å². The van der Waals surface area contributed by atoms with Crippen molar-refractivity contribution < 1.29 is 28.6 Å². The molecule has 0 bridgehead atoms. The van der Waals surface area contributed by atoms with Crippen LogP contribution in [0.3, 0.4) is 0 Å². The van der Waals surface area contributed by atoms with Gasteiger partial charge in [0, 0.05) is 19.3 Å². The Bertz CT molecular complexity index is 1390. The maximum atomic E-state index is 12.8. The number of hydrogen-bond donors (Lipinski definition) is 0. The van der Waals surface area contributed by atoms with E-state index < -0.39 is 12.1 Å². The summed E-state index contributed by atoms with van der Waals surface area (Å²) in [5.74, 6) is -1.06. The molecule has 0 aromatic rings. The van der Waals surface area contributed by atoms with E-state index in [1.807, 2.05) is 48.6 Å². The van der Waals surface area contributed by atoms with Crippen LogP contribution in [-0.4, -0.2) is 37.2 Å². The van der Waals surface area contributed by atoms with Crippen LogP contribution in [-0.2, 0) is 28.6 Å². The van der Waals surface area contributed by atoms with Gasteiger partial charge in [-0.1, -0.05) is 213 Å². The monoisotopic (exact) mass is 885 g/mol. The van der Waals surface area contributed by atoms with Crippen molar-refractivity contribution in [1.82, 2.24) is 0 Å². The number of ether oxygens (including phenoxy) is 3. The molecule has 0 heterocycles. The lowest BCUT2D eigenvalue weighted by Gasteiger charge is -2.18. The number of allylic oxidation sites excluding steroid dienone is 20. The van der Waals surface area contributed by atoms with Crippen LogP contribution in [0, 0.1) is 0 Å². The molecule has 0 rings (SSSR count). The fourth-order valence-electron chi connectivity index (χ4n) is 6.49. The fraction of sp³-hybridized carbons (Fsp3) is 0.603. The van der Waals surface area contributed by atoms with Crippen LogP contribution in [0.4, 0.5) is 0 Å².